The summed E-state index contributed by atoms with van der Waals surface area (Å²) < 4.78 is 0. The number of aromatic nitrogens is 2. The third kappa shape index (κ3) is 4.27. The largest absolute Gasteiger partial charge is 0.351 e. The molecule has 2 aromatic rings. The van der Waals surface area contributed by atoms with Crippen LogP contribution in [0.25, 0.3) is 11.3 Å². The number of nitrogens with zero attached hydrogens (tertiary/aromatic N) is 1. The molecule has 1 aliphatic rings. The zero-order valence-electron chi connectivity index (χ0n) is 12.1. The highest BCUT2D eigenvalue weighted by molar-refractivity contribution is 7.99. The number of H-pyrrole nitrogens is 1. The molecule has 0 radical (unpaired) electrons. The molecule has 1 fully saturated rings. The number of amides is 1. The first-order chi connectivity index (χ1) is 10.7. The number of aromatic amines is 1. The van der Waals surface area contributed by atoms with Crippen molar-refractivity contribution in [3.05, 3.63) is 41.0 Å². The van der Waals surface area contributed by atoms with Crippen LogP contribution in [0.4, 0.5) is 0 Å². The molecule has 0 bridgehead atoms. The Morgan fingerprint density at radius 3 is 2.86 bits per heavy atom. The topological polar surface area (TPSA) is 57.8 Å². The van der Waals surface area contributed by atoms with Crippen molar-refractivity contribution in [1.82, 2.24) is 15.5 Å². The summed E-state index contributed by atoms with van der Waals surface area (Å²) in [5, 5.41) is 10.7. The number of benzene rings is 1. The van der Waals surface area contributed by atoms with Crippen molar-refractivity contribution in [2.24, 2.45) is 5.92 Å². The first-order valence-electron chi connectivity index (χ1n) is 7.35. The van der Waals surface area contributed by atoms with Crippen molar-refractivity contribution < 1.29 is 4.79 Å². The van der Waals surface area contributed by atoms with Crippen molar-refractivity contribution in [2.45, 2.75) is 19.4 Å². The molecule has 22 heavy (non-hydrogen) atoms. The molecular formula is C16H18ClN3OS. The van der Waals surface area contributed by atoms with Crippen LogP contribution in [0.1, 0.15) is 18.4 Å². The number of carbonyl (C=O) groups is 1. The van der Waals surface area contributed by atoms with E-state index in [9.17, 15) is 4.79 Å². The second kappa shape index (κ2) is 7.20. The maximum atomic E-state index is 11.9. The van der Waals surface area contributed by atoms with E-state index in [1.807, 2.05) is 24.3 Å². The molecule has 1 aromatic carbocycles. The SMILES string of the molecule is O=C(CSCC1CC1)NCc1cn[nH]c1-c1ccc(Cl)cc1. The molecule has 1 aliphatic carbocycles. The molecular weight excluding hydrogens is 318 g/mol. The van der Waals surface area contributed by atoms with Crippen LogP contribution < -0.4 is 5.32 Å². The van der Waals surface area contributed by atoms with Crippen LogP contribution >= 0.6 is 23.4 Å². The Kier molecular flexibility index (Phi) is 5.05. The number of halogens is 1. The fourth-order valence-electron chi connectivity index (χ4n) is 2.16. The maximum Gasteiger partial charge on any atom is 0.230 e. The Bertz CT molecular complexity index is 637. The molecule has 2 N–H and O–H groups in total. The zero-order chi connectivity index (χ0) is 15.4. The summed E-state index contributed by atoms with van der Waals surface area (Å²) >= 11 is 7.63. The summed E-state index contributed by atoms with van der Waals surface area (Å²) in [6.07, 6.45) is 4.41. The Morgan fingerprint density at radius 2 is 2.14 bits per heavy atom. The van der Waals surface area contributed by atoms with Crippen LogP contribution in [0, 0.1) is 5.92 Å². The highest BCUT2D eigenvalue weighted by atomic mass is 35.5. The predicted octanol–water partition coefficient (Wildman–Crippen LogP) is 3.49. The van der Waals surface area contributed by atoms with Gasteiger partial charge in [0, 0.05) is 17.1 Å². The van der Waals surface area contributed by atoms with Gasteiger partial charge in [0.2, 0.25) is 5.91 Å². The summed E-state index contributed by atoms with van der Waals surface area (Å²) in [6.45, 7) is 0.483. The standard InChI is InChI=1S/C16H18ClN3OS/c17-14-5-3-12(4-6-14)16-13(8-19-20-16)7-18-15(21)10-22-9-11-1-2-11/h3-6,8,11H,1-2,7,9-10H2,(H,18,21)(H,19,20). The van der Waals surface area contributed by atoms with E-state index in [1.54, 1.807) is 18.0 Å². The molecule has 1 amide bonds. The molecule has 6 heteroatoms. The van der Waals surface area contributed by atoms with E-state index in [1.165, 1.54) is 12.8 Å². The lowest BCUT2D eigenvalue weighted by atomic mass is 10.1. The zero-order valence-corrected chi connectivity index (χ0v) is 13.7. The Hall–Kier alpha value is -1.46. The molecule has 0 aliphatic heterocycles. The number of hydrogen-bond donors (Lipinski definition) is 2. The van der Waals surface area contributed by atoms with E-state index in [4.69, 9.17) is 11.6 Å². The van der Waals surface area contributed by atoms with Crippen LogP contribution in [-0.4, -0.2) is 27.6 Å². The molecule has 1 aromatic heterocycles. The molecule has 0 saturated heterocycles. The predicted molar refractivity (Wildman–Crippen MR) is 90.9 cm³/mol. The third-order valence-corrected chi connectivity index (χ3v) is 5.04. The minimum Gasteiger partial charge on any atom is -0.351 e. The second-order valence-corrected chi connectivity index (χ2v) is 6.98. The van der Waals surface area contributed by atoms with Crippen LogP contribution in [0.15, 0.2) is 30.5 Å². The molecule has 0 spiro atoms. The molecule has 0 atom stereocenters. The van der Waals surface area contributed by atoms with E-state index >= 15 is 0 Å². The number of thioether (sulfide) groups is 1. The van der Waals surface area contributed by atoms with Crippen LogP contribution in [-0.2, 0) is 11.3 Å². The van der Waals surface area contributed by atoms with Crippen molar-refractivity contribution in [3.8, 4) is 11.3 Å². The van der Waals surface area contributed by atoms with Crippen LogP contribution in [0.3, 0.4) is 0 Å². The summed E-state index contributed by atoms with van der Waals surface area (Å²) in [4.78, 5) is 11.9. The molecule has 116 valence electrons. The number of rotatable bonds is 7. The number of nitrogens with one attached hydrogen (secondary N) is 2. The molecule has 4 nitrogen and oxygen atoms in total. The van der Waals surface area contributed by atoms with E-state index in [0.717, 1.165) is 28.5 Å². The highest BCUT2D eigenvalue weighted by Gasteiger charge is 2.21. The average molecular weight is 336 g/mol. The summed E-state index contributed by atoms with van der Waals surface area (Å²) in [7, 11) is 0. The normalized spacial score (nSPS) is 14.0. The number of hydrogen-bond acceptors (Lipinski definition) is 3. The van der Waals surface area contributed by atoms with Gasteiger partial charge in [0.25, 0.3) is 0 Å². The average Bonchev–Trinajstić information content (AvgIpc) is 3.22. The quantitative estimate of drug-likeness (QED) is 0.814. The molecule has 1 saturated carbocycles. The molecule has 0 unspecified atom stereocenters. The fourth-order valence-corrected chi connectivity index (χ4v) is 3.36. The van der Waals surface area contributed by atoms with Gasteiger partial charge in [0.05, 0.1) is 17.6 Å². The number of carbonyl (C=O) groups excluding carboxylic acids is 1. The van der Waals surface area contributed by atoms with Gasteiger partial charge in [-0.2, -0.15) is 16.9 Å². The minimum atomic E-state index is 0.0777. The van der Waals surface area contributed by atoms with Gasteiger partial charge in [-0.05, 0) is 42.2 Å². The van der Waals surface area contributed by atoms with Crippen molar-refractivity contribution in [3.63, 3.8) is 0 Å². The lowest BCUT2D eigenvalue weighted by Gasteiger charge is -2.06. The van der Waals surface area contributed by atoms with E-state index in [2.05, 4.69) is 15.5 Å². The first kappa shape index (κ1) is 15.4. The van der Waals surface area contributed by atoms with Gasteiger partial charge in [0.15, 0.2) is 0 Å². The lowest BCUT2D eigenvalue weighted by molar-refractivity contribution is -0.118. The second-order valence-electron chi connectivity index (χ2n) is 5.51. The summed E-state index contributed by atoms with van der Waals surface area (Å²) in [5.74, 6) is 2.57. The maximum absolute atomic E-state index is 11.9. The highest BCUT2D eigenvalue weighted by Crippen LogP contribution is 2.32. The van der Waals surface area contributed by atoms with E-state index in [-0.39, 0.29) is 5.91 Å². The molecule has 3 rings (SSSR count). The van der Waals surface area contributed by atoms with Crippen LogP contribution in [0.2, 0.25) is 5.02 Å². The lowest BCUT2D eigenvalue weighted by Crippen LogP contribution is -2.24. The van der Waals surface area contributed by atoms with Gasteiger partial charge in [-0.15, -0.1) is 0 Å². The van der Waals surface area contributed by atoms with Gasteiger partial charge < -0.3 is 5.32 Å². The van der Waals surface area contributed by atoms with Gasteiger partial charge in [-0.3, -0.25) is 9.89 Å². The minimum absolute atomic E-state index is 0.0777. The Morgan fingerprint density at radius 1 is 1.36 bits per heavy atom. The van der Waals surface area contributed by atoms with Gasteiger partial charge in [-0.25, -0.2) is 0 Å². The van der Waals surface area contributed by atoms with Gasteiger partial charge in [0.1, 0.15) is 0 Å². The van der Waals surface area contributed by atoms with Crippen LogP contribution in [0.5, 0.6) is 0 Å². The Labute approximate surface area is 139 Å². The van der Waals surface area contributed by atoms with Gasteiger partial charge in [-0.1, -0.05) is 23.7 Å². The summed E-state index contributed by atoms with van der Waals surface area (Å²) in [5.41, 5.74) is 2.90. The summed E-state index contributed by atoms with van der Waals surface area (Å²) in [6, 6.07) is 7.56. The molecule has 1 heterocycles. The van der Waals surface area contributed by atoms with E-state index < -0.39 is 0 Å². The van der Waals surface area contributed by atoms with Crippen molar-refractivity contribution in [1.29, 1.82) is 0 Å². The van der Waals surface area contributed by atoms with E-state index in [0.29, 0.717) is 17.3 Å². The van der Waals surface area contributed by atoms with Gasteiger partial charge >= 0.3 is 0 Å². The van der Waals surface area contributed by atoms with Crippen molar-refractivity contribution in [2.75, 3.05) is 11.5 Å². The Balaban J connectivity index is 1.53. The first-order valence-corrected chi connectivity index (χ1v) is 8.88. The monoisotopic (exact) mass is 335 g/mol. The fraction of sp³-hybridized carbons (Fsp3) is 0.375. The smallest absolute Gasteiger partial charge is 0.230 e. The third-order valence-electron chi connectivity index (χ3n) is 3.61. The van der Waals surface area contributed by atoms with Crippen molar-refractivity contribution >= 4 is 29.3 Å².